The van der Waals surface area contributed by atoms with Crippen molar-refractivity contribution in [3.8, 4) is 0 Å². The van der Waals surface area contributed by atoms with Crippen molar-refractivity contribution in [1.29, 1.82) is 0 Å². The second kappa shape index (κ2) is 6.10. The monoisotopic (exact) mass is 312 g/mol. The molecule has 2 aromatic rings. The fourth-order valence-corrected chi connectivity index (χ4v) is 4.66. The molecule has 1 aliphatic carbocycles. The summed E-state index contributed by atoms with van der Waals surface area (Å²) < 4.78 is 0. The summed E-state index contributed by atoms with van der Waals surface area (Å²) in [5, 5.41) is 13.5. The highest BCUT2D eigenvalue weighted by Crippen LogP contribution is 2.44. The molecule has 22 heavy (non-hydrogen) atoms. The minimum atomic E-state index is -0.595. The van der Waals surface area contributed by atoms with E-state index in [4.69, 9.17) is 0 Å². The number of hydrogen-bond donors (Lipinski definition) is 1. The lowest BCUT2D eigenvalue weighted by Crippen LogP contribution is -2.42. The molecule has 116 valence electrons. The Morgan fingerprint density at radius 3 is 2.68 bits per heavy atom. The third kappa shape index (κ3) is 3.23. The normalized spacial score (nSPS) is 28.7. The van der Waals surface area contributed by atoms with Crippen LogP contribution in [0.5, 0.6) is 0 Å². The summed E-state index contributed by atoms with van der Waals surface area (Å²) >= 11 is 1.82. The molecule has 0 saturated heterocycles. The smallest absolute Gasteiger partial charge is 0.0741 e. The highest BCUT2D eigenvalue weighted by Gasteiger charge is 2.39. The zero-order valence-corrected chi connectivity index (χ0v) is 14.2. The minimum Gasteiger partial charge on any atom is -0.389 e. The Morgan fingerprint density at radius 2 is 1.95 bits per heavy atom. The number of hydrogen-bond acceptors (Lipinski definition) is 2. The van der Waals surface area contributed by atoms with Gasteiger partial charge in [-0.25, -0.2) is 0 Å². The molecule has 1 N–H and O–H groups in total. The number of fused-ring (bicyclic) bond motifs is 1. The van der Waals surface area contributed by atoms with Gasteiger partial charge in [-0.2, -0.15) is 0 Å². The molecule has 1 fully saturated rings. The molecular formula is C20H24OS. The van der Waals surface area contributed by atoms with Crippen LogP contribution in [0.4, 0.5) is 0 Å². The van der Waals surface area contributed by atoms with E-state index in [0.717, 1.165) is 19.3 Å². The predicted octanol–water partition coefficient (Wildman–Crippen LogP) is 5.43. The molecule has 2 aromatic carbocycles. The van der Waals surface area contributed by atoms with Crippen molar-refractivity contribution in [3.63, 3.8) is 0 Å². The van der Waals surface area contributed by atoms with Gasteiger partial charge in [0.15, 0.2) is 0 Å². The topological polar surface area (TPSA) is 20.2 Å². The van der Waals surface area contributed by atoms with E-state index >= 15 is 0 Å². The van der Waals surface area contributed by atoms with Gasteiger partial charge in [-0.3, -0.25) is 0 Å². The lowest BCUT2D eigenvalue weighted by molar-refractivity contribution is 0.0194. The van der Waals surface area contributed by atoms with Crippen molar-refractivity contribution in [2.75, 3.05) is 0 Å². The van der Waals surface area contributed by atoms with Crippen LogP contribution in [0.3, 0.4) is 0 Å². The summed E-state index contributed by atoms with van der Waals surface area (Å²) in [6.07, 6.45) is 2.92. The lowest BCUT2D eigenvalue weighted by Gasteiger charge is -2.40. The average Bonchev–Trinajstić information content (AvgIpc) is 2.49. The van der Waals surface area contributed by atoms with Crippen LogP contribution < -0.4 is 0 Å². The van der Waals surface area contributed by atoms with Gasteiger partial charge >= 0.3 is 0 Å². The predicted molar refractivity (Wildman–Crippen MR) is 96.4 cm³/mol. The molecular weight excluding hydrogens is 288 g/mol. The molecule has 0 unspecified atom stereocenters. The molecule has 1 nitrogen and oxygen atoms in total. The number of aliphatic hydroxyl groups is 1. The van der Waals surface area contributed by atoms with Gasteiger partial charge in [0.1, 0.15) is 0 Å². The second-order valence-electron chi connectivity index (χ2n) is 6.79. The molecule has 1 saturated carbocycles. The Bertz CT molecular complexity index is 689. The molecule has 3 rings (SSSR count). The summed E-state index contributed by atoms with van der Waals surface area (Å²) in [6.45, 7) is 8.22. The summed E-state index contributed by atoms with van der Waals surface area (Å²) in [5.41, 5.74) is 0.655. The van der Waals surface area contributed by atoms with E-state index in [1.54, 1.807) is 0 Å². The van der Waals surface area contributed by atoms with E-state index in [-0.39, 0.29) is 5.25 Å². The van der Waals surface area contributed by atoms with Crippen LogP contribution in [0.15, 0.2) is 59.5 Å². The molecule has 0 spiro atoms. The van der Waals surface area contributed by atoms with Crippen LogP contribution in [-0.4, -0.2) is 16.0 Å². The molecule has 0 amide bonds. The molecule has 3 atom stereocenters. The first-order valence-corrected chi connectivity index (χ1v) is 8.87. The highest BCUT2D eigenvalue weighted by atomic mass is 32.2. The Hall–Kier alpha value is -1.25. The van der Waals surface area contributed by atoms with E-state index in [1.807, 2.05) is 18.7 Å². The van der Waals surface area contributed by atoms with Crippen molar-refractivity contribution < 1.29 is 5.11 Å². The van der Waals surface area contributed by atoms with E-state index < -0.39 is 5.60 Å². The van der Waals surface area contributed by atoms with Crippen molar-refractivity contribution >= 4 is 22.5 Å². The van der Waals surface area contributed by atoms with Crippen LogP contribution in [-0.2, 0) is 0 Å². The van der Waals surface area contributed by atoms with Gasteiger partial charge in [-0.1, -0.05) is 42.5 Å². The quantitative estimate of drug-likeness (QED) is 0.763. The molecule has 1 aliphatic rings. The molecule has 0 aliphatic heterocycles. The Balaban J connectivity index is 1.83. The van der Waals surface area contributed by atoms with Crippen LogP contribution in [0.1, 0.15) is 33.1 Å². The SMILES string of the molecule is C=C(C)[C@@H]1CC[C@@](C)(O)[C@H](Sc2ccc3ccccc3c2)C1. The molecule has 0 heterocycles. The van der Waals surface area contributed by atoms with Gasteiger partial charge in [0.25, 0.3) is 0 Å². The van der Waals surface area contributed by atoms with E-state index in [1.165, 1.54) is 21.2 Å². The van der Waals surface area contributed by atoms with Crippen molar-refractivity contribution in [3.05, 3.63) is 54.6 Å². The van der Waals surface area contributed by atoms with Gasteiger partial charge in [0.2, 0.25) is 0 Å². The Kier molecular flexibility index (Phi) is 4.33. The standard InChI is InChI=1S/C20H24OS/c1-14(2)16-10-11-20(3,21)19(13-16)22-18-9-8-15-6-4-5-7-17(15)12-18/h4-9,12,16,19,21H,1,10-11,13H2,2-3H3/t16-,19-,20-/m1/s1. The van der Waals surface area contributed by atoms with Gasteiger partial charge in [0, 0.05) is 10.1 Å². The first-order chi connectivity index (χ1) is 10.5. The van der Waals surface area contributed by atoms with E-state index in [9.17, 15) is 5.11 Å². The number of benzene rings is 2. The third-order valence-corrected chi connectivity index (χ3v) is 6.40. The fraction of sp³-hybridized carbons (Fsp3) is 0.400. The fourth-order valence-electron chi connectivity index (χ4n) is 3.29. The zero-order valence-electron chi connectivity index (χ0n) is 13.4. The molecule has 0 radical (unpaired) electrons. The van der Waals surface area contributed by atoms with Crippen molar-refractivity contribution in [1.82, 2.24) is 0 Å². The van der Waals surface area contributed by atoms with Gasteiger partial charge < -0.3 is 5.11 Å². The highest BCUT2D eigenvalue weighted by molar-refractivity contribution is 8.00. The van der Waals surface area contributed by atoms with Crippen molar-refractivity contribution in [2.24, 2.45) is 5.92 Å². The second-order valence-corrected chi connectivity index (χ2v) is 8.07. The first-order valence-electron chi connectivity index (χ1n) is 7.99. The Labute approximate surface area is 137 Å². The molecule has 2 heteroatoms. The summed E-state index contributed by atoms with van der Waals surface area (Å²) in [7, 11) is 0. The third-order valence-electron chi connectivity index (χ3n) is 4.89. The van der Waals surface area contributed by atoms with Crippen LogP contribution in [0.25, 0.3) is 10.8 Å². The van der Waals surface area contributed by atoms with Gasteiger partial charge in [0.05, 0.1) is 5.60 Å². The van der Waals surface area contributed by atoms with E-state index in [2.05, 4.69) is 56.0 Å². The maximum absolute atomic E-state index is 10.8. The summed E-state index contributed by atoms with van der Waals surface area (Å²) in [4.78, 5) is 1.24. The minimum absolute atomic E-state index is 0.226. The van der Waals surface area contributed by atoms with Crippen LogP contribution in [0.2, 0.25) is 0 Å². The number of rotatable bonds is 3. The average molecular weight is 312 g/mol. The van der Waals surface area contributed by atoms with Crippen molar-refractivity contribution in [2.45, 2.75) is 48.9 Å². The largest absolute Gasteiger partial charge is 0.389 e. The Morgan fingerprint density at radius 1 is 1.23 bits per heavy atom. The van der Waals surface area contributed by atoms with E-state index in [0.29, 0.717) is 5.92 Å². The maximum atomic E-state index is 10.8. The molecule has 0 bridgehead atoms. The maximum Gasteiger partial charge on any atom is 0.0741 e. The summed E-state index contributed by atoms with van der Waals surface area (Å²) in [6, 6.07) is 15.0. The number of allylic oxidation sites excluding steroid dienone is 1. The van der Waals surface area contributed by atoms with Gasteiger partial charge in [-0.05, 0) is 61.9 Å². The zero-order chi connectivity index (χ0) is 15.7. The first kappa shape index (κ1) is 15.6. The lowest BCUT2D eigenvalue weighted by atomic mass is 9.77. The van der Waals surface area contributed by atoms with Gasteiger partial charge in [-0.15, -0.1) is 11.8 Å². The van der Waals surface area contributed by atoms with Crippen LogP contribution >= 0.6 is 11.8 Å². The van der Waals surface area contributed by atoms with Crippen LogP contribution in [0, 0.1) is 5.92 Å². The summed E-state index contributed by atoms with van der Waals surface area (Å²) in [5.74, 6) is 0.540. The number of thioether (sulfide) groups is 1. The molecule has 0 aromatic heterocycles.